The van der Waals surface area contributed by atoms with Gasteiger partial charge in [-0.2, -0.15) is 0 Å². The van der Waals surface area contributed by atoms with E-state index in [0.717, 1.165) is 23.6 Å². The summed E-state index contributed by atoms with van der Waals surface area (Å²) in [4.78, 5) is 25.7. The Kier molecular flexibility index (Phi) is 5.91. The highest BCUT2D eigenvalue weighted by molar-refractivity contribution is 8.01. The number of nitrogens with zero attached hydrogens (tertiary/aromatic N) is 1. The Morgan fingerprint density at radius 2 is 2.40 bits per heavy atom. The molecule has 2 rings (SSSR count). The van der Waals surface area contributed by atoms with E-state index < -0.39 is 0 Å². The first-order valence-electron chi connectivity index (χ1n) is 6.81. The predicted molar refractivity (Wildman–Crippen MR) is 81.0 cm³/mol. The highest BCUT2D eigenvalue weighted by Gasteiger charge is 2.29. The lowest BCUT2D eigenvalue weighted by Gasteiger charge is -2.31. The van der Waals surface area contributed by atoms with Gasteiger partial charge < -0.3 is 9.64 Å². The second-order valence-corrected chi connectivity index (χ2v) is 6.88. The molecule has 1 fully saturated rings. The summed E-state index contributed by atoms with van der Waals surface area (Å²) < 4.78 is 6.20. The lowest BCUT2D eigenvalue weighted by Crippen LogP contribution is -2.43. The van der Waals surface area contributed by atoms with Crippen LogP contribution >= 0.6 is 23.1 Å². The molecule has 0 aliphatic carbocycles. The lowest BCUT2D eigenvalue weighted by atomic mass is 9.98. The number of carbonyl (C=O) groups is 2. The molecule has 0 saturated carbocycles. The standard InChI is InChI=1S/C14H19NO3S2/c1-2-18-14(17)11-5-3-7-15(9-11)12(16)10-20-13-6-4-8-19-13/h4,6,8,11H,2-3,5,7,9-10H2,1H3/t11-/m1/s1. The highest BCUT2D eigenvalue weighted by Crippen LogP contribution is 2.25. The molecule has 1 aromatic rings. The largest absolute Gasteiger partial charge is 0.466 e. The quantitative estimate of drug-likeness (QED) is 0.619. The molecular formula is C14H19NO3S2. The molecule has 1 amide bonds. The number of esters is 1. The number of hydrogen-bond donors (Lipinski definition) is 0. The third-order valence-corrected chi connectivity index (χ3v) is 5.34. The van der Waals surface area contributed by atoms with Gasteiger partial charge in [0, 0.05) is 13.1 Å². The van der Waals surface area contributed by atoms with Gasteiger partial charge in [-0.1, -0.05) is 6.07 Å². The maximum absolute atomic E-state index is 12.2. The summed E-state index contributed by atoms with van der Waals surface area (Å²) in [6, 6.07) is 4.00. The fourth-order valence-corrected chi connectivity index (χ4v) is 3.91. The number of thiophene rings is 1. The number of ether oxygens (including phenoxy) is 1. The van der Waals surface area contributed by atoms with Crippen molar-refractivity contribution in [1.82, 2.24) is 4.90 Å². The molecule has 0 radical (unpaired) electrons. The van der Waals surface area contributed by atoms with Gasteiger partial charge in [0.25, 0.3) is 0 Å². The lowest BCUT2D eigenvalue weighted by molar-refractivity contribution is -0.151. The van der Waals surface area contributed by atoms with Gasteiger partial charge >= 0.3 is 5.97 Å². The number of thioether (sulfide) groups is 1. The van der Waals surface area contributed by atoms with Crippen molar-refractivity contribution in [2.45, 2.75) is 24.0 Å². The molecule has 0 bridgehead atoms. The van der Waals surface area contributed by atoms with Gasteiger partial charge in [-0.15, -0.1) is 23.1 Å². The van der Waals surface area contributed by atoms with Crippen molar-refractivity contribution in [3.05, 3.63) is 17.5 Å². The number of rotatable bonds is 5. The Balaban J connectivity index is 1.81. The summed E-state index contributed by atoms with van der Waals surface area (Å²) in [6.07, 6.45) is 1.69. The van der Waals surface area contributed by atoms with Gasteiger partial charge in [-0.05, 0) is 31.2 Å². The van der Waals surface area contributed by atoms with Gasteiger partial charge in [0.15, 0.2) is 0 Å². The second kappa shape index (κ2) is 7.69. The topological polar surface area (TPSA) is 46.6 Å². The summed E-state index contributed by atoms with van der Waals surface area (Å²) >= 11 is 3.20. The molecule has 0 aromatic carbocycles. The zero-order chi connectivity index (χ0) is 14.4. The van der Waals surface area contributed by atoms with Crippen molar-refractivity contribution in [1.29, 1.82) is 0 Å². The van der Waals surface area contributed by atoms with Gasteiger partial charge in [-0.3, -0.25) is 9.59 Å². The molecule has 1 aromatic heterocycles. The summed E-state index contributed by atoms with van der Waals surface area (Å²) in [5.41, 5.74) is 0. The first-order valence-corrected chi connectivity index (χ1v) is 8.68. The van der Waals surface area contributed by atoms with Crippen LogP contribution < -0.4 is 0 Å². The highest BCUT2D eigenvalue weighted by atomic mass is 32.2. The molecule has 2 heterocycles. The number of piperidine rings is 1. The van der Waals surface area contributed by atoms with E-state index in [2.05, 4.69) is 0 Å². The van der Waals surface area contributed by atoms with Crippen LogP contribution in [0.25, 0.3) is 0 Å². The minimum atomic E-state index is -0.170. The van der Waals surface area contributed by atoms with E-state index in [1.807, 2.05) is 17.5 Å². The Morgan fingerprint density at radius 1 is 1.55 bits per heavy atom. The molecule has 1 aliphatic heterocycles. The van der Waals surface area contributed by atoms with Crippen LogP contribution in [0.15, 0.2) is 21.7 Å². The monoisotopic (exact) mass is 313 g/mol. The molecule has 1 aliphatic rings. The third kappa shape index (κ3) is 4.24. The van der Waals surface area contributed by atoms with E-state index in [4.69, 9.17) is 4.74 Å². The summed E-state index contributed by atoms with van der Waals surface area (Å²) in [6.45, 7) is 3.46. The van der Waals surface area contributed by atoms with E-state index in [1.54, 1.807) is 34.9 Å². The normalized spacial score (nSPS) is 18.9. The molecule has 0 spiro atoms. The van der Waals surface area contributed by atoms with Crippen molar-refractivity contribution in [2.24, 2.45) is 5.92 Å². The number of amides is 1. The zero-order valence-electron chi connectivity index (χ0n) is 11.5. The molecule has 1 saturated heterocycles. The Labute approximate surface area is 127 Å². The van der Waals surface area contributed by atoms with Crippen LogP contribution in [0, 0.1) is 5.92 Å². The van der Waals surface area contributed by atoms with Crippen molar-refractivity contribution in [3.63, 3.8) is 0 Å². The fraction of sp³-hybridized carbons (Fsp3) is 0.571. The van der Waals surface area contributed by atoms with E-state index >= 15 is 0 Å². The Hall–Kier alpha value is -1.01. The number of hydrogen-bond acceptors (Lipinski definition) is 5. The van der Waals surface area contributed by atoms with Crippen LogP contribution in [0.3, 0.4) is 0 Å². The minimum Gasteiger partial charge on any atom is -0.466 e. The maximum Gasteiger partial charge on any atom is 0.310 e. The van der Waals surface area contributed by atoms with E-state index in [9.17, 15) is 9.59 Å². The van der Waals surface area contributed by atoms with Gasteiger partial charge in [0.2, 0.25) is 5.91 Å². The summed E-state index contributed by atoms with van der Waals surface area (Å²) in [5, 5.41) is 2.00. The van der Waals surface area contributed by atoms with Gasteiger partial charge in [0.1, 0.15) is 0 Å². The van der Waals surface area contributed by atoms with Crippen LogP contribution in [0.2, 0.25) is 0 Å². The number of carbonyl (C=O) groups excluding carboxylic acids is 2. The van der Waals surface area contributed by atoms with Crippen LogP contribution in [-0.4, -0.2) is 42.2 Å². The van der Waals surface area contributed by atoms with E-state index in [0.29, 0.717) is 18.9 Å². The van der Waals surface area contributed by atoms with Crippen LogP contribution in [0.1, 0.15) is 19.8 Å². The predicted octanol–water partition coefficient (Wildman–Crippen LogP) is 2.64. The van der Waals surface area contributed by atoms with Gasteiger partial charge in [0.05, 0.1) is 22.5 Å². The molecule has 6 heteroatoms. The van der Waals surface area contributed by atoms with Crippen LogP contribution in [0.5, 0.6) is 0 Å². The molecule has 0 N–H and O–H groups in total. The smallest absolute Gasteiger partial charge is 0.310 e. The van der Waals surface area contributed by atoms with Crippen molar-refractivity contribution in [3.8, 4) is 0 Å². The van der Waals surface area contributed by atoms with Gasteiger partial charge in [-0.25, -0.2) is 0 Å². The third-order valence-electron chi connectivity index (χ3n) is 3.23. The van der Waals surface area contributed by atoms with Crippen molar-refractivity contribution in [2.75, 3.05) is 25.4 Å². The average molecular weight is 313 g/mol. The van der Waals surface area contributed by atoms with Crippen LogP contribution in [-0.2, 0) is 14.3 Å². The second-order valence-electron chi connectivity index (χ2n) is 4.65. The molecule has 110 valence electrons. The fourth-order valence-electron chi connectivity index (χ4n) is 2.23. The average Bonchev–Trinajstić information content (AvgIpc) is 2.98. The molecular weight excluding hydrogens is 294 g/mol. The Bertz CT molecular complexity index is 447. The van der Waals surface area contributed by atoms with Crippen molar-refractivity contribution >= 4 is 35.0 Å². The first-order chi connectivity index (χ1) is 9.70. The van der Waals surface area contributed by atoms with Crippen LogP contribution in [0.4, 0.5) is 0 Å². The summed E-state index contributed by atoms with van der Waals surface area (Å²) in [5.74, 6) is 0.225. The SMILES string of the molecule is CCOC(=O)[C@@H]1CCCN(C(=O)CSc2cccs2)C1. The molecule has 1 atom stereocenters. The maximum atomic E-state index is 12.2. The molecule has 0 unspecified atom stereocenters. The first kappa shape index (κ1) is 15.4. The molecule has 20 heavy (non-hydrogen) atoms. The number of likely N-dealkylation sites (tertiary alicyclic amines) is 1. The van der Waals surface area contributed by atoms with E-state index in [1.165, 1.54) is 0 Å². The Morgan fingerprint density at radius 3 is 3.10 bits per heavy atom. The summed E-state index contributed by atoms with van der Waals surface area (Å²) in [7, 11) is 0. The van der Waals surface area contributed by atoms with E-state index in [-0.39, 0.29) is 17.8 Å². The zero-order valence-corrected chi connectivity index (χ0v) is 13.2. The van der Waals surface area contributed by atoms with Crippen molar-refractivity contribution < 1.29 is 14.3 Å². The molecule has 4 nitrogen and oxygen atoms in total. The minimum absolute atomic E-state index is 0.109.